The van der Waals surface area contributed by atoms with Crippen LogP contribution in [0.4, 0.5) is 17.2 Å². The topological polar surface area (TPSA) is 79.5 Å². The fourth-order valence-corrected chi connectivity index (χ4v) is 7.03. The van der Waals surface area contributed by atoms with Gasteiger partial charge in [0.15, 0.2) is 15.5 Å². The second-order valence-electron chi connectivity index (χ2n) is 9.33. The molecule has 2 aromatic heterocycles. The number of aromatic amines is 1. The lowest BCUT2D eigenvalue weighted by Crippen LogP contribution is -2.27. The Morgan fingerprint density at radius 1 is 0.923 bits per heavy atom. The maximum absolute atomic E-state index is 13.2. The van der Waals surface area contributed by atoms with Crippen LogP contribution >= 0.6 is 35.2 Å². The minimum atomic E-state index is -0.314. The summed E-state index contributed by atoms with van der Waals surface area (Å²) in [6.45, 7) is 0. The van der Waals surface area contributed by atoms with E-state index in [-0.39, 0.29) is 17.3 Å². The summed E-state index contributed by atoms with van der Waals surface area (Å²) < 4.78 is 4.86. The number of halogens is 1. The number of anilines is 1. The first kappa shape index (κ1) is 24.0. The molecule has 1 aliphatic heterocycles. The number of allylic oxidation sites excluding steroid dienone is 2. The first-order valence-electron chi connectivity index (χ1n) is 12.5. The molecule has 39 heavy (non-hydrogen) atoms. The molecule has 0 saturated carbocycles. The van der Waals surface area contributed by atoms with Crippen LogP contribution in [-0.4, -0.2) is 14.3 Å². The van der Waals surface area contributed by atoms with E-state index in [1.807, 2.05) is 41.1 Å². The highest BCUT2D eigenvalue weighted by molar-refractivity contribution is 7.73. The average molecular weight is 569 g/mol. The van der Waals surface area contributed by atoms with E-state index in [2.05, 4.69) is 49.5 Å². The van der Waals surface area contributed by atoms with Crippen molar-refractivity contribution >= 4 is 57.9 Å². The fraction of sp³-hybridized carbons (Fsp3) is 0.103. The van der Waals surface area contributed by atoms with Gasteiger partial charge in [-0.3, -0.25) is 19.1 Å². The van der Waals surface area contributed by atoms with E-state index in [1.165, 1.54) is 5.69 Å². The van der Waals surface area contributed by atoms with Crippen molar-refractivity contribution in [2.45, 2.75) is 18.9 Å². The summed E-state index contributed by atoms with van der Waals surface area (Å²) in [5.74, 6) is 0.597. The lowest BCUT2D eigenvalue weighted by molar-refractivity contribution is 0.605. The Labute approximate surface area is 237 Å². The molecule has 0 bridgehead atoms. The van der Waals surface area contributed by atoms with Gasteiger partial charge in [0.1, 0.15) is 6.04 Å². The highest BCUT2D eigenvalue weighted by atomic mass is 35.5. The first-order chi connectivity index (χ1) is 19.1. The number of hydrogen-bond acceptors (Lipinski definition) is 6. The van der Waals surface area contributed by atoms with Crippen molar-refractivity contribution in [2.75, 3.05) is 5.32 Å². The maximum atomic E-state index is 13.2. The molecule has 0 amide bonds. The maximum Gasteiger partial charge on any atom is 0.294 e. The summed E-state index contributed by atoms with van der Waals surface area (Å²) in [5.41, 5.74) is 6.02. The minimum Gasteiger partial charge on any atom is -0.342 e. The van der Waals surface area contributed by atoms with Gasteiger partial charge in [-0.05, 0) is 67.0 Å². The van der Waals surface area contributed by atoms with Crippen LogP contribution in [0.2, 0.25) is 5.02 Å². The molecule has 1 atom stereocenters. The number of H-pyrrole nitrogens is 1. The summed E-state index contributed by atoms with van der Waals surface area (Å²) in [6.07, 6.45) is 1.60. The predicted octanol–water partition coefficient (Wildman–Crippen LogP) is 8.20. The monoisotopic (exact) mass is 568 g/mol. The summed E-state index contributed by atoms with van der Waals surface area (Å²) >= 11 is 13.5. The molecule has 0 saturated heterocycles. The Balaban J connectivity index is 1.40. The summed E-state index contributed by atoms with van der Waals surface area (Å²) in [4.78, 5) is 14.4. The lowest BCUT2D eigenvalue weighted by atomic mass is 9.88. The molecule has 5 aromatic rings. The van der Waals surface area contributed by atoms with Gasteiger partial charge in [0.2, 0.25) is 0 Å². The largest absolute Gasteiger partial charge is 0.342 e. The predicted molar refractivity (Wildman–Crippen MR) is 159 cm³/mol. The molecule has 0 radical (unpaired) electrons. The second-order valence-corrected chi connectivity index (χ2v) is 11.4. The highest BCUT2D eigenvalue weighted by Crippen LogP contribution is 2.49. The number of azo groups is 1. The average Bonchev–Trinajstić information content (AvgIpc) is 3.47. The Bertz CT molecular complexity index is 1880. The molecule has 7 rings (SSSR count). The van der Waals surface area contributed by atoms with Gasteiger partial charge in [-0.1, -0.05) is 60.1 Å². The Morgan fingerprint density at radius 2 is 1.64 bits per heavy atom. The van der Waals surface area contributed by atoms with Gasteiger partial charge in [-0.15, -0.1) is 16.5 Å². The summed E-state index contributed by atoms with van der Waals surface area (Å²) in [5, 5.41) is 15.9. The smallest absolute Gasteiger partial charge is 0.294 e. The van der Waals surface area contributed by atoms with Gasteiger partial charge in [-0.25, -0.2) is 0 Å². The summed E-state index contributed by atoms with van der Waals surface area (Å²) in [7, 11) is 0. The second kappa shape index (κ2) is 9.60. The van der Waals surface area contributed by atoms with E-state index in [0.29, 0.717) is 16.5 Å². The molecule has 10 heteroatoms. The standard InChI is InChI=1S/C29H21ClN6OS2/c30-18-11-13-19(14-12-18)32-33-24-27-31-21-15-16-22-26(39-29(38)35(22)20-9-5-2-6-10-20)23(21)25(36(27)34-28(24)37)17-7-3-1-4-8-17/h1-14,25,31H,15-16H2,(H,34,37). The van der Waals surface area contributed by atoms with Crippen LogP contribution in [0.1, 0.15) is 28.6 Å². The van der Waals surface area contributed by atoms with Gasteiger partial charge < -0.3 is 5.32 Å². The molecule has 2 aliphatic rings. The number of fused-ring (bicyclic) bond motifs is 3. The van der Waals surface area contributed by atoms with Gasteiger partial charge in [0, 0.05) is 27.7 Å². The zero-order chi connectivity index (χ0) is 26.5. The van der Waals surface area contributed by atoms with Crippen molar-refractivity contribution in [3.63, 3.8) is 0 Å². The van der Waals surface area contributed by atoms with Gasteiger partial charge >= 0.3 is 0 Å². The molecule has 3 aromatic carbocycles. The SMILES string of the molecule is O=c1[nH]n2c(c1N=Nc1ccc(Cl)cc1)NC1=C(c3sc(=S)n(-c4ccccc4)c3CC1)C2c1ccccc1. The number of hydrogen-bond donors (Lipinski definition) is 2. The van der Waals surface area contributed by atoms with E-state index in [1.54, 1.807) is 35.6 Å². The third-order valence-electron chi connectivity index (χ3n) is 7.01. The molecule has 0 fully saturated rings. The van der Waals surface area contributed by atoms with Crippen LogP contribution < -0.4 is 10.9 Å². The van der Waals surface area contributed by atoms with E-state index in [4.69, 9.17) is 23.8 Å². The molecule has 192 valence electrons. The van der Waals surface area contributed by atoms with Crippen molar-refractivity contribution in [2.24, 2.45) is 10.2 Å². The van der Waals surface area contributed by atoms with Crippen LogP contribution in [0.5, 0.6) is 0 Å². The molecule has 1 aliphatic carbocycles. The zero-order valence-electron chi connectivity index (χ0n) is 20.5. The molecule has 1 unspecified atom stereocenters. The van der Waals surface area contributed by atoms with Crippen molar-refractivity contribution in [3.05, 3.63) is 126 Å². The molecular weight excluding hydrogens is 548 g/mol. The van der Waals surface area contributed by atoms with E-state index >= 15 is 0 Å². The number of nitrogens with one attached hydrogen (secondary N) is 2. The Morgan fingerprint density at radius 3 is 2.38 bits per heavy atom. The molecule has 3 heterocycles. The van der Waals surface area contributed by atoms with Gasteiger partial charge in [0.25, 0.3) is 5.56 Å². The molecule has 0 spiro atoms. The number of aromatic nitrogens is 3. The van der Waals surface area contributed by atoms with E-state index in [0.717, 1.165) is 44.2 Å². The van der Waals surface area contributed by atoms with Crippen LogP contribution in [-0.2, 0) is 6.42 Å². The molecular formula is C29H21ClN6OS2. The third-order valence-corrected chi connectivity index (χ3v) is 8.71. The van der Waals surface area contributed by atoms with Gasteiger partial charge in [0.05, 0.1) is 10.6 Å². The summed E-state index contributed by atoms with van der Waals surface area (Å²) in [6, 6.07) is 27.2. The quantitative estimate of drug-likeness (QED) is 0.169. The normalized spacial score (nSPS) is 16.1. The zero-order valence-corrected chi connectivity index (χ0v) is 22.9. The van der Waals surface area contributed by atoms with E-state index < -0.39 is 0 Å². The Kier molecular flexibility index (Phi) is 5.92. The van der Waals surface area contributed by atoms with Gasteiger partial charge in [-0.2, -0.15) is 5.11 Å². The van der Waals surface area contributed by atoms with Crippen LogP contribution in [0.25, 0.3) is 11.3 Å². The first-order valence-corrected chi connectivity index (χ1v) is 14.1. The van der Waals surface area contributed by atoms with Crippen LogP contribution in [0.3, 0.4) is 0 Å². The van der Waals surface area contributed by atoms with Crippen molar-refractivity contribution in [3.8, 4) is 5.69 Å². The van der Waals surface area contributed by atoms with Crippen LogP contribution in [0.15, 0.2) is 106 Å². The highest BCUT2D eigenvalue weighted by Gasteiger charge is 2.38. The number of thiazole rings is 1. The molecule has 7 nitrogen and oxygen atoms in total. The third kappa shape index (κ3) is 4.10. The number of nitrogens with zero attached hydrogens (tertiary/aromatic N) is 4. The van der Waals surface area contributed by atoms with Crippen LogP contribution in [0, 0.1) is 3.95 Å². The molecule has 2 N–H and O–H groups in total. The lowest BCUT2D eigenvalue weighted by Gasteiger charge is -2.34. The number of rotatable bonds is 4. The fourth-order valence-electron chi connectivity index (χ4n) is 5.30. The van der Waals surface area contributed by atoms with Crippen molar-refractivity contribution in [1.82, 2.24) is 14.3 Å². The van der Waals surface area contributed by atoms with E-state index in [9.17, 15) is 4.79 Å². The van der Waals surface area contributed by atoms with Crippen molar-refractivity contribution in [1.29, 1.82) is 0 Å². The number of para-hydroxylation sites is 1. The number of benzene rings is 3. The minimum absolute atomic E-state index is 0.234. The van der Waals surface area contributed by atoms with Crippen molar-refractivity contribution < 1.29 is 0 Å². The Hall–Kier alpha value is -4.05.